The lowest BCUT2D eigenvalue weighted by Gasteiger charge is -2.22. The molecule has 1 atom stereocenters. The number of hydrogen-bond donors (Lipinski definition) is 2. The van der Waals surface area contributed by atoms with Gasteiger partial charge in [-0.15, -0.1) is 0 Å². The van der Waals surface area contributed by atoms with E-state index in [1.165, 1.54) is 0 Å². The normalized spacial score (nSPS) is 11.5. The van der Waals surface area contributed by atoms with Gasteiger partial charge >= 0.3 is 0 Å². The van der Waals surface area contributed by atoms with Crippen LogP contribution in [0.5, 0.6) is 0 Å². The van der Waals surface area contributed by atoms with E-state index in [1.54, 1.807) is 24.3 Å². The summed E-state index contributed by atoms with van der Waals surface area (Å²) in [4.78, 5) is 41.9. The lowest BCUT2D eigenvalue weighted by molar-refractivity contribution is -0.120. The molecule has 4 aromatic rings. The first-order chi connectivity index (χ1) is 21.5. The first-order valence-corrected chi connectivity index (χ1v) is 15.6. The van der Waals surface area contributed by atoms with E-state index < -0.39 is 6.04 Å². The second kappa shape index (κ2) is 16.9. The molecule has 0 saturated carbocycles. The Morgan fingerprint density at radius 2 is 1.30 bits per heavy atom. The molecule has 0 aromatic heterocycles. The van der Waals surface area contributed by atoms with Crippen LogP contribution in [0, 0.1) is 0 Å². The summed E-state index contributed by atoms with van der Waals surface area (Å²) in [6, 6.07) is 34.5. The molecule has 0 heterocycles. The largest absolute Gasteiger partial charge is 0.342 e. The number of Topliss-reactive ketones (excluding diaryl/α,β-unsaturated/α-hetero) is 1. The summed E-state index contributed by atoms with van der Waals surface area (Å²) < 4.78 is 0. The van der Waals surface area contributed by atoms with Crippen LogP contribution in [0.3, 0.4) is 0 Å². The topological polar surface area (TPSA) is 78.5 Å². The predicted molar refractivity (Wildman–Crippen MR) is 178 cm³/mol. The molecule has 0 aliphatic heterocycles. The molecule has 0 aliphatic rings. The minimum absolute atomic E-state index is 0.0828. The van der Waals surface area contributed by atoms with E-state index in [1.807, 2.05) is 79.4 Å². The van der Waals surface area contributed by atoms with Crippen molar-refractivity contribution in [1.82, 2.24) is 15.5 Å². The van der Waals surface area contributed by atoms with E-state index in [9.17, 15) is 14.4 Å². The highest BCUT2D eigenvalue weighted by atomic mass is 16.2. The Hall–Kier alpha value is -4.55. The van der Waals surface area contributed by atoms with Gasteiger partial charge in [-0.1, -0.05) is 98.8 Å². The van der Waals surface area contributed by atoms with Crippen LogP contribution in [0.25, 0.3) is 11.1 Å². The Kier molecular flexibility index (Phi) is 12.4. The van der Waals surface area contributed by atoms with Crippen LogP contribution in [-0.2, 0) is 17.8 Å². The van der Waals surface area contributed by atoms with Crippen molar-refractivity contribution in [1.29, 1.82) is 0 Å². The molecule has 4 rings (SSSR count). The molecule has 6 nitrogen and oxygen atoms in total. The Labute approximate surface area is 261 Å². The van der Waals surface area contributed by atoms with Gasteiger partial charge in [-0.05, 0) is 72.2 Å². The monoisotopic (exact) mass is 589 g/mol. The van der Waals surface area contributed by atoms with E-state index in [2.05, 4.69) is 34.9 Å². The quantitative estimate of drug-likeness (QED) is 0.152. The minimum atomic E-state index is -0.679. The number of aryl methyl sites for hydroxylation is 1. The van der Waals surface area contributed by atoms with Crippen LogP contribution in [-0.4, -0.2) is 48.2 Å². The van der Waals surface area contributed by atoms with Crippen molar-refractivity contribution < 1.29 is 14.4 Å². The average Bonchev–Trinajstić information content (AvgIpc) is 3.07. The summed E-state index contributed by atoms with van der Waals surface area (Å²) >= 11 is 0. The fourth-order valence-corrected chi connectivity index (χ4v) is 5.29. The lowest BCUT2D eigenvalue weighted by atomic mass is 10.0. The molecular weight excluding hydrogens is 546 g/mol. The zero-order valence-electron chi connectivity index (χ0n) is 25.8. The van der Waals surface area contributed by atoms with E-state index in [0.717, 1.165) is 35.1 Å². The molecule has 44 heavy (non-hydrogen) atoms. The maximum atomic E-state index is 13.5. The minimum Gasteiger partial charge on any atom is -0.342 e. The van der Waals surface area contributed by atoms with Crippen molar-refractivity contribution in [2.24, 2.45) is 0 Å². The zero-order chi connectivity index (χ0) is 31.1. The van der Waals surface area contributed by atoms with E-state index in [-0.39, 0.29) is 24.1 Å². The Morgan fingerprint density at radius 3 is 2.00 bits per heavy atom. The lowest BCUT2D eigenvalue weighted by Crippen LogP contribution is -2.44. The molecule has 0 spiro atoms. The standard InChI is InChI=1S/C38H43N3O3/c1-3-23-41(24-4-2)38(44)34-20-12-19-33(26-34)37(43)40-35(22-21-29-13-7-5-8-14-29)36(42)28-39-27-30-15-11-18-32(25-30)31-16-9-6-10-17-31/h5-20,25-26,35,39H,3-4,21-24,27-28H2,1-2H3,(H,40,43)/t35-/m0/s1. The Morgan fingerprint density at radius 1 is 0.682 bits per heavy atom. The number of nitrogens with one attached hydrogen (secondary N) is 2. The van der Waals surface area contributed by atoms with Gasteiger partial charge in [-0.25, -0.2) is 0 Å². The number of rotatable bonds is 16. The van der Waals surface area contributed by atoms with Gasteiger partial charge in [0.1, 0.15) is 0 Å². The Balaban J connectivity index is 1.43. The predicted octanol–water partition coefficient (Wildman–Crippen LogP) is 6.71. The molecule has 0 radical (unpaired) electrons. The summed E-state index contributed by atoms with van der Waals surface area (Å²) in [5.74, 6) is -0.530. The SMILES string of the molecule is CCCN(CCC)C(=O)c1cccc(C(=O)N[C@@H](CCc2ccccc2)C(=O)CNCc2cccc(-c3ccccc3)c2)c1. The second-order valence-corrected chi connectivity index (χ2v) is 11.1. The highest BCUT2D eigenvalue weighted by Crippen LogP contribution is 2.20. The summed E-state index contributed by atoms with van der Waals surface area (Å²) in [5, 5.41) is 6.26. The van der Waals surface area contributed by atoms with Gasteiger partial charge < -0.3 is 15.5 Å². The van der Waals surface area contributed by atoms with Gasteiger partial charge in [-0.2, -0.15) is 0 Å². The summed E-state index contributed by atoms with van der Waals surface area (Å²) in [6.45, 7) is 6.08. The van der Waals surface area contributed by atoms with Crippen LogP contribution < -0.4 is 10.6 Å². The number of carbonyl (C=O) groups is 3. The van der Waals surface area contributed by atoms with Gasteiger partial charge in [0, 0.05) is 30.8 Å². The molecule has 0 bridgehead atoms. The van der Waals surface area contributed by atoms with Crippen LogP contribution >= 0.6 is 0 Å². The fraction of sp³-hybridized carbons (Fsp3) is 0.289. The molecule has 0 saturated heterocycles. The van der Waals surface area contributed by atoms with Crippen LogP contribution in [0.2, 0.25) is 0 Å². The van der Waals surface area contributed by atoms with Crippen LogP contribution in [0.1, 0.15) is 65.0 Å². The number of nitrogens with zero attached hydrogens (tertiary/aromatic N) is 1. The highest BCUT2D eigenvalue weighted by molar-refractivity contribution is 6.01. The first kappa shape index (κ1) is 32.4. The fourth-order valence-electron chi connectivity index (χ4n) is 5.29. The van der Waals surface area contributed by atoms with Gasteiger partial charge in [0.05, 0.1) is 12.6 Å². The van der Waals surface area contributed by atoms with E-state index >= 15 is 0 Å². The first-order valence-electron chi connectivity index (χ1n) is 15.6. The number of carbonyl (C=O) groups excluding carboxylic acids is 3. The molecule has 2 N–H and O–H groups in total. The number of amides is 2. The van der Waals surface area contributed by atoms with E-state index in [0.29, 0.717) is 43.6 Å². The third-order valence-electron chi connectivity index (χ3n) is 7.57. The molecular formula is C38H43N3O3. The summed E-state index contributed by atoms with van der Waals surface area (Å²) in [7, 11) is 0. The maximum absolute atomic E-state index is 13.5. The van der Waals surface area contributed by atoms with Crippen LogP contribution in [0.15, 0.2) is 109 Å². The third-order valence-corrected chi connectivity index (χ3v) is 7.57. The smallest absolute Gasteiger partial charge is 0.253 e. The molecule has 0 aliphatic carbocycles. The third kappa shape index (κ3) is 9.48. The van der Waals surface area contributed by atoms with Crippen molar-refractivity contribution in [3.8, 4) is 11.1 Å². The molecule has 4 aromatic carbocycles. The molecule has 2 amide bonds. The molecule has 6 heteroatoms. The number of hydrogen-bond acceptors (Lipinski definition) is 4. The van der Waals surface area contributed by atoms with Crippen LogP contribution in [0.4, 0.5) is 0 Å². The van der Waals surface area contributed by atoms with Gasteiger partial charge in [0.2, 0.25) is 0 Å². The van der Waals surface area contributed by atoms with Crippen molar-refractivity contribution in [3.05, 3.63) is 131 Å². The summed E-state index contributed by atoms with van der Waals surface area (Å²) in [6.07, 6.45) is 2.85. The van der Waals surface area contributed by atoms with Gasteiger partial charge in [-0.3, -0.25) is 14.4 Å². The zero-order valence-corrected chi connectivity index (χ0v) is 25.8. The Bertz CT molecular complexity index is 1500. The van der Waals surface area contributed by atoms with Crippen molar-refractivity contribution in [2.75, 3.05) is 19.6 Å². The van der Waals surface area contributed by atoms with Crippen molar-refractivity contribution in [2.45, 2.75) is 52.1 Å². The number of benzene rings is 4. The van der Waals surface area contributed by atoms with Gasteiger partial charge in [0.25, 0.3) is 11.8 Å². The van der Waals surface area contributed by atoms with Crippen molar-refractivity contribution in [3.63, 3.8) is 0 Å². The van der Waals surface area contributed by atoms with E-state index in [4.69, 9.17) is 0 Å². The van der Waals surface area contributed by atoms with Crippen molar-refractivity contribution >= 4 is 17.6 Å². The number of ketones is 1. The molecule has 0 unspecified atom stereocenters. The highest BCUT2D eigenvalue weighted by Gasteiger charge is 2.22. The molecule has 0 fully saturated rings. The molecule has 228 valence electrons. The second-order valence-electron chi connectivity index (χ2n) is 11.1. The average molecular weight is 590 g/mol. The van der Waals surface area contributed by atoms with Gasteiger partial charge in [0.15, 0.2) is 5.78 Å². The summed E-state index contributed by atoms with van der Waals surface area (Å²) in [5.41, 5.74) is 5.29. The maximum Gasteiger partial charge on any atom is 0.253 e.